The maximum absolute atomic E-state index is 11.6. The average Bonchev–Trinajstić information content (AvgIpc) is 2.16. The first-order valence-corrected chi connectivity index (χ1v) is 4.83. The zero-order valence-electron chi connectivity index (χ0n) is 9.11. The van der Waals surface area contributed by atoms with Crippen molar-refractivity contribution in [3.05, 3.63) is 35.4 Å². The Morgan fingerprint density at radius 3 is 2.13 bits per heavy atom. The fourth-order valence-corrected chi connectivity index (χ4v) is 1.25. The molecule has 15 heavy (non-hydrogen) atoms. The van der Waals surface area contributed by atoms with E-state index in [0.717, 1.165) is 0 Å². The Labute approximate surface area is 89.1 Å². The number of esters is 1. The summed E-state index contributed by atoms with van der Waals surface area (Å²) in [6.07, 6.45) is -0.183. The highest BCUT2D eigenvalue weighted by Gasteiger charge is 2.15. The molecule has 0 N–H and O–H groups in total. The first-order chi connectivity index (χ1) is 7.02. The van der Waals surface area contributed by atoms with Crippen molar-refractivity contribution in [1.29, 1.82) is 0 Å². The van der Waals surface area contributed by atoms with E-state index in [1.807, 2.05) is 0 Å². The monoisotopic (exact) mass is 206 g/mol. The predicted molar refractivity (Wildman–Crippen MR) is 57.0 cm³/mol. The van der Waals surface area contributed by atoms with Gasteiger partial charge in [0, 0.05) is 5.56 Å². The molecule has 0 aliphatic carbocycles. The standard InChI is InChI=1S/C12H14O3/c1-8(2)15-12(14)11-7-5-4-6-10(11)9(3)13/h4-8H,1-3H3. The normalized spacial score (nSPS) is 10.1. The molecule has 3 nitrogen and oxygen atoms in total. The van der Waals surface area contributed by atoms with Crippen molar-refractivity contribution in [3.8, 4) is 0 Å². The summed E-state index contributed by atoms with van der Waals surface area (Å²) >= 11 is 0. The molecular formula is C12H14O3. The molecule has 0 unspecified atom stereocenters. The SMILES string of the molecule is CC(=O)c1ccccc1C(=O)OC(C)C. The third-order valence-electron chi connectivity index (χ3n) is 1.87. The summed E-state index contributed by atoms with van der Waals surface area (Å²) < 4.78 is 5.04. The van der Waals surface area contributed by atoms with Gasteiger partial charge in [0.05, 0.1) is 11.7 Å². The molecule has 0 aromatic heterocycles. The van der Waals surface area contributed by atoms with Crippen LogP contribution >= 0.6 is 0 Å². The van der Waals surface area contributed by atoms with Crippen molar-refractivity contribution in [2.45, 2.75) is 26.9 Å². The minimum atomic E-state index is -0.448. The highest BCUT2D eigenvalue weighted by atomic mass is 16.5. The van der Waals surface area contributed by atoms with Crippen LogP contribution in [0.4, 0.5) is 0 Å². The Balaban J connectivity index is 3.03. The van der Waals surface area contributed by atoms with Gasteiger partial charge in [0.25, 0.3) is 0 Å². The van der Waals surface area contributed by atoms with Gasteiger partial charge in [-0.1, -0.05) is 18.2 Å². The van der Waals surface area contributed by atoms with E-state index in [9.17, 15) is 9.59 Å². The van der Waals surface area contributed by atoms with E-state index in [0.29, 0.717) is 11.1 Å². The summed E-state index contributed by atoms with van der Waals surface area (Å²) in [7, 11) is 0. The van der Waals surface area contributed by atoms with Crippen LogP contribution < -0.4 is 0 Å². The number of hydrogen-bond acceptors (Lipinski definition) is 3. The number of carbonyl (C=O) groups excluding carboxylic acids is 2. The smallest absolute Gasteiger partial charge is 0.339 e. The van der Waals surface area contributed by atoms with Gasteiger partial charge in [-0.3, -0.25) is 4.79 Å². The molecule has 0 fully saturated rings. The van der Waals surface area contributed by atoms with Gasteiger partial charge in [-0.25, -0.2) is 4.79 Å². The molecule has 1 rings (SSSR count). The van der Waals surface area contributed by atoms with E-state index in [2.05, 4.69) is 0 Å². The van der Waals surface area contributed by atoms with E-state index in [1.54, 1.807) is 38.1 Å². The van der Waals surface area contributed by atoms with Gasteiger partial charge in [0.15, 0.2) is 5.78 Å². The summed E-state index contributed by atoms with van der Waals surface area (Å²) in [5.41, 5.74) is 0.738. The van der Waals surface area contributed by atoms with Crippen molar-refractivity contribution in [2.24, 2.45) is 0 Å². The number of hydrogen-bond donors (Lipinski definition) is 0. The lowest BCUT2D eigenvalue weighted by atomic mass is 10.0. The van der Waals surface area contributed by atoms with E-state index < -0.39 is 5.97 Å². The minimum Gasteiger partial charge on any atom is -0.459 e. The fraction of sp³-hybridized carbons (Fsp3) is 0.333. The number of benzene rings is 1. The van der Waals surface area contributed by atoms with Crippen molar-refractivity contribution >= 4 is 11.8 Å². The van der Waals surface area contributed by atoms with Crippen molar-refractivity contribution in [3.63, 3.8) is 0 Å². The number of rotatable bonds is 3. The van der Waals surface area contributed by atoms with Crippen LogP contribution in [-0.2, 0) is 4.74 Å². The molecule has 1 aromatic carbocycles. The molecule has 0 saturated heterocycles. The zero-order valence-corrected chi connectivity index (χ0v) is 9.11. The molecule has 80 valence electrons. The molecular weight excluding hydrogens is 192 g/mol. The summed E-state index contributed by atoms with van der Waals surface area (Å²) in [5.74, 6) is -0.581. The highest BCUT2D eigenvalue weighted by molar-refractivity contribution is 6.05. The molecule has 0 saturated carbocycles. The Bertz CT molecular complexity index is 380. The van der Waals surface area contributed by atoms with Gasteiger partial charge in [-0.2, -0.15) is 0 Å². The van der Waals surface area contributed by atoms with Gasteiger partial charge < -0.3 is 4.74 Å². The molecule has 0 aliphatic rings. The van der Waals surface area contributed by atoms with Crippen molar-refractivity contribution in [2.75, 3.05) is 0 Å². The van der Waals surface area contributed by atoms with Crippen LogP contribution in [0, 0.1) is 0 Å². The topological polar surface area (TPSA) is 43.4 Å². The third kappa shape index (κ3) is 2.91. The summed E-state index contributed by atoms with van der Waals surface area (Å²) in [6.45, 7) is 4.98. The Kier molecular flexibility index (Phi) is 3.61. The maximum atomic E-state index is 11.6. The lowest BCUT2D eigenvalue weighted by Gasteiger charge is -2.09. The number of carbonyl (C=O) groups is 2. The van der Waals surface area contributed by atoms with Gasteiger partial charge >= 0.3 is 5.97 Å². The van der Waals surface area contributed by atoms with Crippen LogP contribution in [0.1, 0.15) is 41.5 Å². The van der Waals surface area contributed by atoms with Crippen LogP contribution in [0.25, 0.3) is 0 Å². The van der Waals surface area contributed by atoms with Crippen LogP contribution in [0.3, 0.4) is 0 Å². The average molecular weight is 206 g/mol. The minimum absolute atomic E-state index is 0.133. The van der Waals surface area contributed by atoms with Crippen LogP contribution in [0.15, 0.2) is 24.3 Å². The largest absolute Gasteiger partial charge is 0.459 e. The summed E-state index contributed by atoms with van der Waals surface area (Å²) in [5, 5.41) is 0. The molecule has 0 heterocycles. The predicted octanol–water partition coefficient (Wildman–Crippen LogP) is 2.45. The second kappa shape index (κ2) is 4.73. The van der Waals surface area contributed by atoms with E-state index >= 15 is 0 Å². The molecule has 0 amide bonds. The van der Waals surface area contributed by atoms with E-state index in [1.165, 1.54) is 6.92 Å². The molecule has 0 aliphatic heterocycles. The van der Waals surface area contributed by atoms with Crippen molar-refractivity contribution in [1.82, 2.24) is 0 Å². The van der Waals surface area contributed by atoms with E-state index in [-0.39, 0.29) is 11.9 Å². The number of ketones is 1. The molecule has 0 bridgehead atoms. The summed E-state index contributed by atoms with van der Waals surface area (Å²) in [4.78, 5) is 22.9. The highest BCUT2D eigenvalue weighted by Crippen LogP contribution is 2.11. The summed E-state index contributed by atoms with van der Waals surface area (Å²) in [6, 6.07) is 6.66. The number of Topliss-reactive ketones (excluding diaryl/α,β-unsaturated/α-hetero) is 1. The van der Waals surface area contributed by atoms with Gasteiger partial charge in [-0.05, 0) is 26.8 Å². The van der Waals surface area contributed by atoms with Crippen LogP contribution in [-0.4, -0.2) is 17.9 Å². The Morgan fingerprint density at radius 1 is 1.13 bits per heavy atom. The molecule has 1 aromatic rings. The van der Waals surface area contributed by atoms with Gasteiger partial charge in [-0.15, -0.1) is 0 Å². The first-order valence-electron chi connectivity index (χ1n) is 4.83. The molecule has 0 spiro atoms. The lowest BCUT2D eigenvalue weighted by molar-refractivity contribution is 0.0375. The van der Waals surface area contributed by atoms with Gasteiger partial charge in [0.1, 0.15) is 0 Å². The Hall–Kier alpha value is -1.64. The van der Waals surface area contributed by atoms with Crippen LogP contribution in [0.2, 0.25) is 0 Å². The molecule has 0 radical (unpaired) electrons. The molecule has 0 atom stereocenters. The Morgan fingerprint density at radius 2 is 1.67 bits per heavy atom. The fourth-order valence-electron chi connectivity index (χ4n) is 1.25. The number of ether oxygens (including phenoxy) is 1. The third-order valence-corrected chi connectivity index (χ3v) is 1.87. The second-order valence-electron chi connectivity index (χ2n) is 3.56. The van der Waals surface area contributed by atoms with Crippen LogP contribution in [0.5, 0.6) is 0 Å². The first kappa shape index (κ1) is 11.4. The van der Waals surface area contributed by atoms with E-state index in [4.69, 9.17) is 4.74 Å². The molecule has 3 heteroatoms. The maximum Gasteiger partial charge on any atom is 0.339 e. The lowest BCUT2D eigenvalue weighted by Crippen LogP contribution is -2.14. The second-order valence-corrected chi connectivity index (χ2v) is 3.56. The van der Waals surface area contributed by atoms with Gasteiger partial charge in [0.2, 0.25) is 0 Å². The quantitative estimate of drug-likeness (QED) is 0.563. The zero-order chi connectivity index (χ0) is 11.4. The van der Waals surface area contributed by atoms with Crippen molar-refractivity contribution < 1.29 is 14.3 Å².